The van der Waals surface area contributed by atoms with Gasteiger partial charge in [0.2, 0.25) is 0 Å². The fourth-order valence-electron chi connectivity index (χ4n) is 1.84. The van der Waals surface area contributed by atoms with Gasteiger partial charge in [-0.05, 0) is 49.4 Å². The molecule has 0 fully saturated rings. The fraction of sp³-hybridized carbons (Fsp3) is 0.600. The summed E-state index contributed by atoms with van der Waals surface area (Å²) in [4.78, 5) is 0. The van der Waals surface area contributed by atoms with Crippen molar-refractivity contribution in [1.82, 2.24) is 0 Å². The average Bonchev–Trinajstić information content (AvgIpc) is 2.43. The molecule has 108 valence electrons. The van der Waals surface area contributed by atoms with Gasteiger partial charge in [-0.2, -0.15) is 0 Å². The Hall–Kier alpha value is -0.163. The lowest BCUT2D eigenvalue weighted by molar-refractivity contribution is 0.196. The Bertz CT molecular complexity index is 321. The van der Waals surface area contributed by atoms with Crippen molar-refractivity contribution in [2.24, 2.45) is 0 Å². The summed E-state index contributed by atoms with van der Waals surface area (Å²) in [5, 5.41) is 0. The zero-order chi connectivity index (χ0) is 13.9. The van der Waals surface area contributed by atoms with Crippen LogP contribution in [0.5, 0.6) is 0 Å². The van der Waals surface area contributed by atoms with Crippen molar-refractivity contribution in [2.45, 2.75) is 45.6 Å². The fourth-order valence-corrected chi connectivity index (χ4v) is 4.07. The second-order valence-corrected chi connectivity index (χ2v) is 7.71. The molecule has 1 rings (SSSR count). The van der Waals surface area contributed by atoms with Crippen LogP contribution in [0.15, 0.2) is 28.7 Å². The van der Waals surface area contributed by atoms with Gasteiger partial charge in [-0.25, -0.2) is 0 Å². The Morgan fingerprint density at radius 3 is 2.11 bits per heavy atom. The van der Waals surface area contributed by atoms with Crippen LogP contribution in [-0.4, -0.2) is 22.5 Å². The van der Waals surface area contributed by atoms with E-state index in [1.54, 1.807) is 0 Å². The number of hydrogen-bond acceptors (Lipinski definition) is 2. The number of aryl methyl sites for hydroxylation is 1. The van der Waals surface area contributed by atoms with Gasteiger partial charge in [0.25, 0.3) is 0 Å². The van der Waals surface area contributed by atoms with Crippen molar-refractivity contribution in [3.05, 3.63) is 34.3 Å². The molecular formula is C15H25BrO2Si. The third-order valence-electron chi connectivity index (χ3n) is 2.83. The molecule has 0 atom stereocenters. The van der Waals surface area contributed by atoms with Crippen LogP contribution in [0.4, 0.5) is 0 Å². The van der Waals surface area contributed by atoms with Gasteiger partial charge in [0, 0.05) is 17.7 Å². The van der Waals surface area contributed by atoms with Gasteiger partial charge in [0.05, 0.1) is 0 Å². The lowest BCUT2D eigenvalue weighted by atomic mass is 10.1. The Balaban J connectivity index is 2.27. The normalized spacial score (nSPS) is 11.2. The second-order valence-electron chi connectivity index (χ2n) is 4.69. The van der Waals surface area contributed by atoms with Gasteiger partial charge in [-0.1, -0.05) is 41.9 Å². The average molecular weight is 345 g/mol. The van der Waals surface area contributed by atoms with E-state index in [1.165, 1.54) is 5.56 Å². The number of hydrogen-bond donors (Lipinski definition) is 0. The number of halogens is 1. The minimum atomic E-state index is -1.43. The Morgan fingerprint density at radius 2 is 1.58 bits per heavy atom. The van der Waals surface area contributed by atoms with Crippen molar-refractivity contribution in [2.75, 3.05) is 13.2 Å². The third kappa shape index (κ3) is 7.87. The molecule has 0 N–H and O–H groups in total. The largest absolute Gasteiger partial charge is 0.397 e. The zero-order valence-electron chi connectivity index (χ0n) is 12.0. The highest BCUT2D eigenvalue weighted by molar-refractivity contribution is 9.10. The molecule has 0 saturated carbocycles. The van der Waals surface area contributed by atoms with Crippen LogP contribution in [-0.2, 0) is 15.3 Å². The molecule has 0 spiro atoms. The maximum atomic E-state index is 5.86. The van der Waals surface area contributed by atoms with Gasteiger partial charge in [-0.15, -0.1) is 0 Å². The molecule has 0 aliphatic heterocycles. The quantitative estimate of drug-likeness (QED) is 0.583. The second kappa shape index (κ2) is 10.6. The van der Waals surface area contributed by atoms with Crippen LogP contribution < -0.4 is 0 Å². The van der Waals surface area contributed by atoms with E-state index < -0.39 is 9.28 Å². The summed E-state index contributed by atoms with van der Waals surface area (Å²) in [5.41, 5.74) is 1.39. The molecule has 0 heterocycles. The molecule has 1 aromatic carbocycles. The predicted octanol–water partition coefficient (Wildman–Crippen LogP) is 4.46. The van der Waals surface area contributed by atoms with E-state index in [9.17, 15) is 0 Å². The SMILES string of the molecule is CCCO[SiH](CCCc1ccc(Br)cc1)OCCC. The zero-order valence-corrected chi connectivity index (χ0v) is 14.8. The van der Waals surface area contributed by atoms with Gasteiger partial charge in [0.1, 0.15) is 0 Å². The van der Waals surface area contributed by atoms with Crippen LogP contribution in [0.3, 0.4) is 0 Å². The molecule has 0 radical (unpaired) electrons. The van der Waals surface area contributed by atoms with E-state index in [0.717, 1.165) is 49.4 Å². The molecule has 0 aliphatic rings. The van der Waals surface area contributed by atoms with E-state index in [1.807, 2.05) is 0 Å². The maximum Gasteiger partial charge on any atom is 0.321 e. The maximum absolute atomic E-state index is 5.86. The summed E-state index contributed by atoms with van der Waals surface area (Å²) in [6, 6.07) is 9.67. The summed E-state index contributed by atoms with van der Waals surface area (Å²) >= 11 is 3.46. The number of benzene rings is 1. The first-order chi connectivity index (χ1) is 9.26. The summed E-state index contributed by atoms with van der Waals surface area (Å²) < 4.78 is 12.9. The number of rotatable bonds is 10. The van der Waals surface area contributed by atoms with E-state index in [-0.39, 0.29) is 0 Å². The Labute approximate surface area is 127 Å². The first-order valence-corrected chi connectivity index (χ1v) is 9.79. The standard InChI is InChI=1S/C15H25BrO2Si/c1-3-11-17-19(18-12-4-2)13-5-6-14-7-9-15(16)10-8-14/h7-10,19H,3-6,11-13H2,1-2H3. The smallest absolute Gasteiger partial charge is 0.321 e. The first kappa shape index (κ1) is 16.9. The lowest BCUT2D eigenvalue weighted by Gasteiger charge is -2.16. The van der Waals surface area contributed by atoms with Crippen LogP contribution >= 0.6 is 15.9 Å². The minimum absolute atomic E-state index is 0.846. The van der Waals surface area contributed by atoms with E-state index >= 15 is 0 Å². The Kier molecular flexibility index (Phi) is 9.43. The van der Waals surface area contributed by atoms with Crippen LogP contribution in [0.1, 0.15) is 38.7 Å². The monoisotopic (exact) mass is 344 g/mol. The summed E-state index contributed by atoms with van der Waals surface area (Å²) in [5.74, 6) is 0. The van der Waals surface area contributed by atoms with Crippen LogP contribution in [0, 0.1) is 0 Å². The molecular weight excluding hydrogens is 320 g/mol. The van der Waals surface area contributed by atoms with Crippen molar-refractivity contribution < 1.29 is 8.85 Å². The highest BCUT2D eigenvalue weighted by Crippen LogP contribution is 2.13. The van der Waals surface area contributed by atoms with Crippen LogP contribution in [0.25, 0.3) is 0 Å². The third-order valence-corrected chi connectivity index (χ3v) is 5.46. The topological polar surface area (TPSA) is 18.5 Å². The van der Waals surface area contributed by atoms with Gasteiger partial charge >= 0.3 is 9.28 Å². The molecule has 0 amide bonds. The van der Waals surface area contributed by atoms with Gasteiger partial charge in [0.15, 0.2) is 0 Å². The van der Waals surface area contributed by atoms with E-state index in [2.05, 4.69) is 54.0 Å². The summed E-state index contributed by atoms with van der Waals surface area (Å²) in [6.45, 7) is 5.98. The molecule has 0 unspecified atom stereocenters. The molecule has 1 aromatic rings. The molecule has 2 nitrogen and oxygen atoms in total. The van der Waals surface area contributed by atoms with Gasteiger partial charge in [-0.3, -0.25) is 0 Å². The summed E-state index contributed by atoms with van der Waals surface area (Å²) in [6.07, 6.45) is 4.42. The molecule has 0 saturated heterocycles. The van der Waals surface area contributed by atoms with E-state index in [4.69, 9.17) is 8.85 Å². The lowest BCUT2D eigenvalue weighted by Crippen LogP contribution is -2.24. The predicted molar refractivity (Wildman–Crippen MR) is 86.9 cm³/mol. The minimum Gasteiger partial charge on any atom is -0.397 e. The van der Waals surface area contributed by atoms with Crippen molar-refractivity contribution >= 4 is 25.2 Å². The Morgan fingerprint density at radius 1 is 1.00 bits per heavy atom. The van der Waals surface area contributed by atoms with Crippen molar-refractivity contribution in [1.29, 1.82) is 0 Å². The van der Waals surface area contributed by atoms with Gasteiger partial charge < -0.3 is 8.85 Å². The highest BCUT2D eigenvalue weighted by atomic mass is 79.9. The molecule has 4 heteroatoms. The molecule has 0 aromatic heterocycles. The van der Waals surface area contributed by atoms with Crippen molar-refractivity contribution in [3.8, 4) is 0 Å². The molecule has 0 bridgehead atoms. The van der Waals surface area contributed by atoms with Crippen molar-refractivity contribution in [3.63, 3.8) is 0 Å². The summed E-state index contributed by atoms with van der Waals surface area (Å²) in [7, 11) is -1.43. The van der Waals surface area contributed by atoms with E-state index in [0.29, 0.717) is 0 Å². The van der Waals surface area contributed by atoms with Crippen LogP contribution in [0.2, 0.25) is 6.04 Å². The molecule has 0 aliphatic carbocycles. The molecule has 19 heavy (non-hydrogen) atoms. The first-order valence-electron chi connectivity index (χ1n) is 7.24. The highest BCUT2D eigenvalue weighted by Gasteiger charge is 2.12.